The number of carbonyl (C=O) groups is 3. The Balaban J connectivity index is 1.82. The minimum absolute atomic E-state index is 0.0292. The van der Waals surface area contributed by atoms with Gasteiger partial charge < -0.3 is 14.7 Å². The molecule has 160 valence electrons. The van der Waals surface area contributed by atoms with Crippen molar-refractivity contribution in [2.24, 2.45) is 0 Å². The van der Waals surface area contributed by atoms with E-state index in [0.29, 0.717) is 18.3 Å². The molecule has 10 nitrogen and oxygen atoms in total. The summed E-state index contributed by atoms with van der Waals surface area (Å²) in [5.41, 5.74) is -0.382. The number of likely N-dealkylation sites (tertiary alicyclic amines) is 1. The fourth-order valence-electron chi connectivity index (χ4n) is 3.47. The number of phenolic OH excluding ortho intramolecular Hbond substituents is 1. The number of aromatic hydroxyl groups is 1. The number of carbonyl (C=O) groups excluding carboxylic acids is 3. The number of benzene rings is 1. The number of imide groups is 1. The van der Waals surface area contributed by atoms with Crippen LogP contribution in [0.2, 0.25) is 0 Å². The number of piperidine rings is 1. The van der Waals surface area contributed by atoms with Crippen molar-refractivity contribution in [3.63, 3.8) is 0 Å². The van der Waals surface area contributed by atoms with Gasteiger partial charge in [0.25, 0.3) is 11.1 Å². The number of hydrogen-bond acceptors (Lipinski definition) is 8. The zero-order valence-electron chi connectivity index (χ0n) is 16.5. The summed E-state index contributed by atoms with van der Waals surface area (Å²) in [5.74, 6) is -1.69. The highest BCUT2D eigenvalue weighted by Crippen LogP contribution is 2.39. The molecular formula is C19H21N3O7S. The van der Waals surface area contributed by atoms with Crippen LogP contribution in [0.5, 0.6) is 11.5 Å². The fourth-order valence-corrected chi connectivity index (χ4v) is 4.31. The minimum atomic E-state index is -0.778. The van der Waals surface area contributed by atoms with Gasteiger partial charge in [-0.05, 0) is 55.7 Å². The summed E-state index contributed by atoms with van der Waals surface area (Å²) in [6, 6.07) is 2.45. The lowest BCUT2D eigenvalue weighted by molar-refractivity contribution is -0.386. The number of rotatable bonds is 5. The van der Waals surface area contributed by atoms with Crippen molar-refractivity contribution in [2.45, 2.75) is 32.2 Å². The van der Waals surface area contributed by atoms with Gasteiger partial charge >= 0.3 is 5.69 Å². The van der Waals surface area contributed by atoms with Crippen molar-refractivity contribution in [3.05, 3.63) is 32.7 Å². The number of thioether (sulfide) groups is 1. The normalized spacial score (nSPS) is 20.7. The molecule has 0 bridgehead atoms. The van der Waals surface area contributed by atoms with Gasteiger partial charge in [-0.25, -0.2) is 0 Å². The smallest absolute Gasteiger partial charge is 0.315 e. The molecule has 0 unspecified atom stereocenters. The zero-order chi connectivity index (χ0) is 22.0. The Bertz CT molecular complexity index is 946. The Morgan fingerprint density at radius 3 is 2.77 bits per heavy atom. The molecular weight excluding hydrogens is 414 g/mol. The van der Waals surface area contributed by atoms with Crippen molar-refractivity contribution in [1.82, 2.24) is 9.80 Å². The van der Waals surface area contributed by atoms with Crippen LogP contribution >= 0.6 is 11.8 Å². The van der Waals surface area contributed by atoms with Crippen LogP contribution in [0.15, 0.2) is 17.0 Å². The van der Waals surface area contributed by atoms with Gasteiger partial charge in [0.1, 0.15) is 6.54 Å². The van der Waals surface area contributed by atoms with Crippen LogP contribution in [0.4, 0.5) is 10.5 Å². The first-order valence-electron chi connectivity index (χ1n) is 9.33. The first-order valence-corrected chi connectivity index (χ1v) is 10.1. The maximum atomic E-state index is 12.7. The summed E-state index contributed by atoms with van der Waals surface area (Å²) >= 11 is 0.653. The number of ether oxygens (including phenoxy) is 1. The zero-order valence-corrected chi connectivity index (χ0v) is 17.3. The quantitative estimate of drug-likeness (QED) is 0.424. The monoisotopic (exact) mass is 435 g/mol. The minimum Gasteiger partial charge on any atom is -0.500 e. The third-order valence-electron chi connectivity index (χ3n) is 5.08. The first kappa shape index (κ1) is 21.6. The Morgan fingerprint density at radius 1 is 1.40 bits per heavy atom. The molecule has 3 rings (SSSR count). The molecule has 0 spiro atoms. The Labute approximate surface area is 176 Å². The second-order valence-electron chi connectivity index (χ2n) is 7.05. The van der Waals surface area contributed by atoms with E-state index >= 15 is 0 Å². The van der Waals surface area contributed by atoms with E-state index in [1.54, 1.807) is 4.90 Å². The van der Waals surface area contributed by atoms with E-state index in [0.717, 1.165) is 30.2 Å². The number of nitro groups is 1. The molecule has 1 aromatic rings. The summed E-state index contributed by atoms with van der Waals surface area (Å²) in [4.78, 5) is 50.6. The molecule has 2 fully saturated rings. The molecule has 1 atom stereocenters. The number of nitro benzene ring substituents is 1. The van der Waals surface area contributed by atoms with E-state index in [2.05, 4.69) is 0 Å². The van der Waals surface area contributed by atoms with Crippen molar-refractivity contribution in [1.29, 1.82) is 0 Å². The summed E-state index contributed by atoms with van der Waals surface area (Å²) in [5, 5.41) is 20.4. The number of amides is 3. The maximum Gasteiger partial charge on any atom is 0.315 e. The molecule has 0 aliphatic carbocycles. The standard InChI is InChI=1S/C19H21N3O7S/c1-11-5-3-4-6-20(11)16(23)10-21-18(25)15(30-19(21)26)9-12-7-13(22(27)28)17(24)14(8-12)29-2/h7-9,11,24H,3-6,10H2,1-2H3/b15-9-/t11-/m0/s1. The third-order valence-corrected chi connectivity index (χ3v) is 5.99. The third kappa shape index (κ3) is 4.25. The molecule has 11 heteroatoms. The number of hydrogen-bond donors (Lipinski definition) is 1. The van der Waals surface area contributed by atoms with Crippen molar-refractivity contribution < 1.29 is 29.2 Å². The highest BCUT2D eigenvalue weighted by molar-refractivity contribution is 8.18. The predicted octanol–water partition coefficient (Wildman–Crippen LogP) is 2.75. The van der Waals surface area contributed by atoms with Crippen LogP contribution in [0.3, 0.4) is 0 Å². The molecule has 1 N–H and O–H groups in total. The van der Waals surface area contributed by atoms with Gasteiger partial charge in [0.15, 0.2) is 5.75 Å². The van der Waals surface area contributed by atoms with Crippen molar-refractivity contribution in [3.8, 4) is 11.5 Å². The number of methoxy groups -OCH3 is 1. The molecule has 2 aliphatic heterocycles. The van der Waals surface area contributed by atoms with Gasteiger partial charge in [-0.1, -0.05) is 0 Å². The molecule has 2 heterocycles. The molecule has 30 heavy (non-hydrogen) atoms. The first-order chi connectivity index (χ1) is 14.2. The average Bonchev–Trinajstić information content (AvgIpc) is 2.96. The van der Waals surface area contributed by atoms with Crippen LogP contribution < -0.4 is 4.74 Å². The second-order valence-corrected chi connectivity index (χ2v) is 8.04. The number of nitrogens with zero attached hydrogens (tertiary/aromatic N) is 3. The van der Waals surface area contributed by atoms with Gasteiger partial charge in [-0.3, -0.25) is 29.4 Å². The van der Waals surface area contributed by atoms with Crippen LogP contribution in [0.1, 0.15) is 31.7 Å². The SMILES string of the molecule is COc1cc(/C=C2\SC(=O)N(CC(=O)N3CCCC[C@@H]3C)C2=O)cc([N+](=O)[O-])c1O. The van der Waals surface area contributed by atoms with Crippen molar-refractivity contribution >= 4 is 40.6 Å². The van der Waals surface area contributed by atoms with E-state index in [-0.39, 0.29) is 34.7 Å². The van der Waals surface area contributed by atoms with Crippen LogP contribution in [0.25, 0.3) is 6.08 Å². The van der Waals surface area contributed by atoms with Crippen LogP contribution in [0, 0.1) is 10.1 Å². The van der Waals surface area contributed by atoms with Gasteiger partial charge in [0.2, 0.25) is 11.7 Å². The summed E-state index contributed by atoms with van der Waals surface area (Å²) in [6.45, 7) is 2.20. The summed E-state index contributed by atoms with van der Waals surface area (Å²) < 4.78 is 4.94. The topological polar surface area (TPSA) is 130 Å². The molecule has 3 amide bonds. The highest BCUT2D eigenvalue weighted by Gasteiger charge is 2.38. The van der Waals surface area contributed by atoms with Crippen LogP contribution in [-0.2, 0) is 9.59 Å². The maximum absolute atomic E-state index is 12.7. The summed E-state index contributed by atoms with van der Waals surface area (Å²) in [7, 11) is 1.24. The molecule has 0 radical (unpaired) electrons. The van der Waals surface area contributed by atoms with Crippen LogP contribution in [-0.4, -0.2) is 63.1 Å². The van der Waals surface area contributed by atoms with E-state index in [1.165, 1.54) is 19.3 Å². The lowest BCUT2D eigenvalue weighted by Crippen LogP contribution is -2.47. The number of phenols is 1. The highest BCUT2D eigenvalue weighted by atomic mass is 32.2. The van der Waals surface area contributed by atoms with E-state index in [1.807, 2.05) is 6.92 Å². The Morgan fingerprint density at radius 2 is 2.13 bits per heavy atom. The van der Waals surface area contributed by atoms with Gasteiger partial charge in [-0.15, -0.1) is 0 Å². The van der Waals surface area contributed by atoms with E-state index < -0.39 is 27.5 Å². The molecule has 2 aliphatic rings. The lowest BCUT2D eigenvalue weighted by atomic mass is 10.0. The fraction of sp³-hybridized carbons (Fsp3) is 0.421. The van der Waals surface area contributed by atoms with Gasteiger partial charge in [-0.2, -0.15) is 0 Å². The molecule has 0 aromatic heterocycles. The summed E-state index contributed by atoms with van der Waals surface area (Å²) in [6.07, 6.45) is 4.11. The largest absolute Gasteiger partial charge is 0.500 e. The molecule has 0 saturated carbocycles. The van der Waals surface area contributed by atoms with E-state index in [9.17, 15) is 29.6 Å². The van der Waals surface area contributed by atoms with Crippen molar-refractivity contribution in [2.75, 3.05) is 20.2 Å². The predicted molar refractivity (Wildman–Crippen MR) is 109 cm³/mol. The van der Waals surface area contributed by atoms with Gasteiger partial charge in [0, 0.05) is 18.7 Å². The Kier molecular flexibility index (Phi) is 6.30. The average molecular weight is 435 g/mol. The van der Waals surface area contributed by atoms with Gasteiger partial charge in [0.05, 0.1) is 16.9 Å². The lowest BCUT2D eigenvalue weighted by Gasteiger charge is -2.34. The molecule has 1 aromatic carbocycles. The Hall–Kier alpha value is -3.08. The van der Waals surface area contributed by atoms with E-state index in [4.69, 9.17) is 4.74 Å². The molecule has 2 saturated heterocycles. The second kappa shape index (κ2) is 8.74.